The van der Waals surface area contributed by atoms with Crippen LogP contribution in [0.2, 0.25) is 0 Å². The van der Waals surface area contributed by atoms with Crippen molar-refractivity contribution in [2.45, 2.75) is 45.1 Å². The minimum atomic E-state index is 0.119. The Labute approximate surface area is 151 Å². The van der Waals surface area contributed by atoms with Crippen LogP contribution in [0.4, 0.5) is 0 Å². The van der Waals surface area contributed by atoms with E-state index in [0.717, 1.165) is 28.3 Å². The van der Waals surface area contributed by atoms with Gasteiger partial charge >= 0.3 is 0 Å². The lowest BCUT2D eigenvalue weighted by atomic mass is 9.86. The van der Waals surface area contributed by atoms with E-state index >= 15 is 0 Å². The van der Waals surface area contributed by atoms with Crippen LogP contribution < -0.4 is 5.32 Å². The van der Waals surface area contributed by atoms with E-state index in [1.165, 1.54) is 19.3 Å². The van der Waals surface area contributed by atoms with Crippen molar-refractivity contribution in [1.29, 1.82) is 0 Å². The van der Waals surface area contributed by atoms with E-state index in [9.17, 15) is 4.79 Å². The number of carbonyl (C=O) groups is 1. The summed E-state index contributed by atoms with van der Waals surface area (Å²) in [7, 11) is 0. The predicted molar refractivity (Wildman–Crippen MR) is 102 cm³/mol. The molecule has 4 nitrogen and oxygen atoms in total. The molecule has 1 aliphatic rings. The zero-order valence-corrected chi connectivity index (χ0v) is 15.3. The number of nitrogens with one attached hydrogen (secondary N) is 1. The van der Waals surface area contributed by atoms with Gasteiger partial charge in [-0.3, -0.25) is 9.20 Å². The van der Waals surface area contributed by atoms with E-state index in [-0.39, 0.29) is 5.91 Å². The molecule has 1 aromatic carbocycles. The molecule has 1 amide bonds. The molecule has 2 aromatic heterocycles. The van der Waals surface area contributed by atoms with E-state index in [4.69, 9.17) is 0 Å². The Bertz CT molecular complexity index is 868. The van der Waals surface area contributed by atoms with Gasteiger partial charge in [-0.1, -0.05) is 50.1 Å². The molecule has 2 heterocycles. The molecule has 4 rings (SSSR count). The number of benzene rings is 1. The van der Waals surface area contributed by atoms with Gasteiger partial charge in [-0.25, -0.2) is 4.98 Å². The van der Waals surface area contributed by atoms with Gasteiger partial charge in [0.25, 0.3) is 0 Å². The smallest absolute Gasteiger partial charge is 0.226 e. The highest BCUT2D eigenvalue weighted by Crippen LogP contribution is 2.25. The molecule has 0 radical (unpaired) electrons. The van der Waals surface area contributed by atoms with Crippen LogP contribution in [0.3, 0.4) is 0 Å². The number of aromatic nitrogens is 2. The first kappa shape index (κ1) is 16.3. The number of fused-ring (bicyclic) bond motifs is 1. The largest absolute Gasteiger partial charge is 0.353 e. The molecule has 130 valence electrons. The summed E-state index contributed by atoms with van der Waals surface area (Å²) >= 11 is 1.59. The van der Waals surface area contributed by atoms with Crippen LogP contribution in [0.25, 0.3) is 16.2 Å². The average Bonchev–Trinajstić information content (AvgIpc) is 3.20. The number of thiazole rings is 1. The number of carbonyl (C=O) groups excluding carboxylic acids is 1. The average molecular weight is 353 g/mol. The summed E-state index contributed by atoms with van der Waals surface area (Å²) in [6.07, 6.45) is 7.28. The van der Waals surface area contributed by atoms with Crippen LogP contribution in [0.1, 0.15) is 38.3 Å². The van der Waals surface area contributed by atoms with E-state index in [1.807, 2.05) is 29.8 Å². The quantitative estimate of drug-likeness (QED) is 0.760. The molecule has 0 unspecified atom stereocenters. The van der Waals surface area contributed by atoms with Crippen LogP contribution in [-0.2, 0) is 11.2 Å². The summed E-state index contributed by atoms with van der Waals surface area (Å²) in [6.45, 7) is 2.24. The molecule has 0 bridgehead atoms. The van der Waals surface area contributed by atoms with Crippen molar-refractivity contribution in [3.8, 4) is 11.3 Å². The first-order valence-electron chi connectivity index (χ1n) is 9.01. The Morgan fingerprint density at radius 3 is 2.88 bits per heavy atom. The number of hydrogen-bond acceptors (Lipinski definition) is 3. The third-order valence-corrected chi connectivity index (χ3v) is 6.04. The van der Waals surface area contributed by atoms with E-state index in [2.05, 4.69) is 33.8 Å². The van der Waals surface area contributed by atoms with Crippen LogP contribution in [0, 0.1) is 5.92 Å². The molecule has 5 heteroatoms. The zero-order valence-electron chi connectivity index (χ0n) is 14.4. The number of amides is 1. The summed E-state index contributed by atoms with van der Waals surface area (Å²) in [4.78, 5) is 18.1. The lowest BCUT2D eigenvalue weighted by Crippen LogP contribution is -2.41. The second-order valence-corrected chi connectivity index (χ2v) is 7.82. The van der Waals surface area contributed by atoms with Crippen LogP contribution in [-0.4, -0.2) is 21.3 Å². The minimum absolute atomic E-state index is 0.119. The fourth-order valence-corrected chi connectivity index (χ4v) is 4.53. The first-order valence-corrected chi connectivity index (χ1v) is 9.89. The molecule has 1 saturated carbocycles. The molecule has 1 N–H and O–H groups in total. The molecule has 0 spiro atoms. The van der Waals surface area contributed by atoms with Gasteiger partial charge < -0.3 is 5.32 Å². The highest BCUT2D eigenvalue weighted by molar-refractivity contribution is 7.15. The third-order valence-electron chi connectivity index (χ3n) is 5.15. The van der Waals surface area contributed by atoms with Gasteiger partial charge in [-0.05, 0) is 18.8 Å². The highest BCUT2D eigenvalue weighted by atomic mass is 32.1. The third kappa shape index (κ3) is 3.47. The summed E-state index contributed by atoms with van der Waals surface area (Å²) in [5, 5.41) is 5.28. The maximum atomic E-state index is 12.5. The molecule has 2 atom stereocenters. The zero-order chi connectivity index (χ0) is 17.2. The van der Waals surface area contributed by atoms with Crippen molar-refractivity contribution in [3.05, 3.63) is 47.6 Å². The van der Waals surface area contributed by atoms with Crippen molar-refractivity contribution >= 4 is 22.2 Å². The van der Waals surface area contributed by atoms with Gasteiger partial charge in [0, 0.05) is 28.9 Å². The molecule has 1 aliphatic carbocycles. The van der Waals surface area contributed by atoms with E-state index in [0.29, 0.717) is 18.4 Å². The SMILES string of the molecule is C[C@@H]1CCCC[C@H]1NC(=O)Cc1csc2nc(-c3ccccc3)cn12. The first-order chi connectivity index (χ1) is 12.2. The van der Waals surface area contributed by atoms with Crippen molar-refractivity contribution < 1.29 is 4.79 Å². The predicted octanol–water partition coefficient (Wildman–Crippen LogP) is 4.30. The summed E-state index contributed by atoms with van der Waals surface area (Å²) in [5.74, 6) is 0.700. The summed E-state index contributed by atoms with van der Waals surface area (Å²) < 4.78 is 2.05. The monoisotopic (exact) mass is 353 g/mol. The molecule has 1 fully saturated rings. The van der Waals surface area contributed by atoms with Crippen LogP contribution in [0.15, 0.2) is 41.9 Å². The fraction of sp³-hybridized carbons (Fsp3) is 0.400. The second kappa shape index (κ2) is 7.00. The Hall–Kier alpha value is -2.14. The topological polar surface area (TPSA) is 46.4 Å². The van der Waals surface area contributed by atoms with E-state index < -0.39 is 0 Å². The van der Waals surface area contributed by atoms with Gasteiger partial charge in [0.15, 0.2) is 4.96 Å². The highest BCUT2D eigenvalue weighted by Gasteiger charge is 2.23. The lowest BCUT2D eigenvalue weighted by Gasteiger charge is -2.29. The van der Waals surface area contributed by atoms with Gasteiger partial charge in [-0.2, -0.15) is 0 Å². The molecule has 0 aliphatic heterocycles. The van der Waals surface area contributed by atoms with Crippen molar-refractivity contribution in [1.82, 2.24) is 14.7 Å². The number of nitrogens with zero attached hydrogens (tertiary/aromatic N) is 2. The van der Waals surface area contributed by atoms with Crippen LogP contribution in [0.5, 0.6) is 0 Å². The number of hydrogen-bond donors (Lipinski definition) is 1. The fourth-order valence-electron chi connectivity index (χ4n) is 3.66. The summed E-state index contributed by atoms with van der Waals surface area (Å²) in [6, 6.07) is 10.5. The maximum absolute atomic E-state index is 12.5. The van der Waals surface area contributed by atoms with Crippen LogP contribution >= 0.6 is 11.3 Å². The van der Waals surface area contributed by atoms with E-state index in [1.54, 1.807) is 11.3 Å². The summed E-state index contributed by atoms with van der Waals surface area (Å²) in [5.41, 5.74) is 3.07. The Morgan fingerprint density at radius 2 is 2.08 bits per heavy atom. The van der Waals surface area contributed by atoms with Gasteiger partial charge in [0.2, 0.25) is 5.91 Å². The normalized spacial score (nSPS) is 20.7. The standard InChI is InChI=1S/C20H23N3OS/c1-14-7-5-6-10-17(14)21-19(24)11-16-13-25-20-22-18(12-23(16)20)15-8-3-2-4-9-15/h2-4,8-9,12-14,17H,5-7,10-11H2,1H3,(H,21,24)/t14-,17-/m1/s1. The second-order valence-electron chi connectivity index (χ2n) is 6.98. The number of imidazole rings is 1. The van der Waals surface area contributed by atoms with Gasteiger partial charge in [0.1, 0.15) is 0 Å². The maximum Gasteiger partial charge on any atom is 0.226 e. The molecule has 3 aromatic rings. The van der Waals surface area contributed by atoms with Gasteiger partial charge in [0.05, 0.1) is 12.1 Å². The molecular formula is C20H23N3OS. The van der Waals surface area contributed by atoms with Crippen molar-refractivity contribution in [2.24, 2.45) is 5.92 Å². The number of rotatable bonds is 4. The molecule has 0 saturated heterocycles. The van der Waals surface area contributed by atoms with Gasteiger partial charge in [-0.15, -0.1) is 11.3 Å². The Morgan fingerprint density at radius 1 is 1.28 bits per heavy atom. The molecule has 25 heavy (non-hydrogen) atoms. The lowest BCUT2D eigenvalue weighted by molar-refractivity contribution is -0.121. The Kier molecular flexibility index (Phi) is 4.57. The van der Waals surface area contributed by atoms with Crippen molar-refractivity contribution in [3.63, 3.8) is 0 Å². The van der Waals surface area contributed by atoms with Crippen molar-refractivity contribution in [2.75, 3.05) is 0 Å². The Balaban J connectivity index is 1.49. The molecular weight excluding hydrogens is 330 g/mol. The minimum Gasteiger partial charge on any atom is -0.353 e.